The molecule has 0 aromatic heterocycles. The SMILES string of the molecule is COC(CNC(=O)NCC1COCCO1)C(=O)O. The zero-order valence-electron chi connectivity index (χ0n) is 10.2. The molecule has 1 rings (SSSR count). The molecule has 0 spiro atoms. The van der Waals surface area contributed by atoms with Gasteiger partial charge < -0.3 is 30.0 Å². The number of hydrogen-bond donors (Lipinski definition) is 3. The number of amides is 2. The van der Waals surface area contributed by atoms with E-state index in [2.05, 4.69) is 15.4 Å². The maximum Gasteiger partial charge on any atom is 0.334 e. The van der Waals surface area contributed by atoms with E-state index in [-0.39, 0.29) is 12.6 Å². The van der Waals surface area contributed by atoms with E-state index in [4.69, 9.17) is 14.6 Å². The van der Waals surface area contributed by atoms with Crippen LogP contribution in [0.25, 0.3) is 0 Å². The van der Waals surface area contributed by atoms with Gasteiger partial charge >= 0.3 is 12.0 Å². The predicted molar refractivity (Wildman–Crippen MR) is 60.4 cm³/mol. The Balaban J connectivity index is 2.14. The van der Waals surface area contributed by atoms with Crippen LogP contribution in [-0.2, 0) is 19.0 Å². The Labute approximate surface area is 105 Å². The van der Waals surface area contributed by atoms with Gasteiger partial charge in [-0.1, -0.05) is 0 Å². The molecule has 8 heteroatoms. The summed E-state index contributed by atoms with van der Waals surface area (Å²) in [7, 11) is 1.27. The second kappa shape index (κ2) is 7.85. The van der Waals surface area contributed by atoms with E-state index in [1.54, 1.807) is 0 Å². The fourth-order valence-electron chi connectivity index (χ4n) is 1.38. The Morgan fingerprint density at radius 2 is 2.22 bits per heavy atom. The number of methoxy groups -OCH3 is 1. The van der Waals surface area contributed by atoms with Gasteiger partial charge in [-0.05, 0) is 0 Å². The molecule has 2 amide bonds. The molecule has 1 saturated heterocycles. The number of carbonyl (C=O) groups is 2. The largest absolute Gasteiger partial charge is 0.479 e. The number of hydrogen-bond acceptors (Lipinski definition) is 5. The van der Waals surface area contributed by atoms with Crippen molar-refractivity contribution in [3.05, 3.63) is 0 Å². The molecule has 0 saturated carbocycles. The number of ether oxygens (including phenoxy) is 3. The van der Waals surface area contributed by atoms with Gasteiger partial charge in [0.15, 0.2) is 6.10 Å². The minimum Gasteiger partial charge on any atom is -0.479 e. The highest BCUT2D eigenvalue weighted by Gasteiger charge is 2.18. The van der Waals surface area contributed by atoms with Crippen LogP contribution in [-0.4, -0.2) is 69.3 Å². The molecule has 0 aliphatic carbocycles. The van der Waals surface area contributed by atoms with Crippen molar-refractivity contribution in [3.63, 3.8) is 0 Å². The van der Waals surface area contributed by atoms with Crippen molar-refractivity contribution in [1.29, 1.82) is 0 Å². The zero-order valence-corrected chi connectivity index (χ0v) is 10.2. The molecule has 3 N–H and O–H groups in total. The number of carbonyl (C=O) groups excluding carboxylic acids is 1. The molecule has 0 bridgehead atoms. The average Bonchev–Trinajstić information content (AvgIpc) is 2.38. The summed E-state index contributed by atoms with van der Waals surface area (Å²) in [6.07, 6.45) is -1.22. The van der Waals surface area contributed by atoms with E-state index in [1.165, 1.54) is 7.11 Å². The van der Waals surface area contributed by atoms with Gasteiger partial charge in [0.05, 0.1) is 32.5 Å². The number of aliphatic carboxylic acids is 1. The molecule has 18 heavy (non-hydrogen) atoms. The van der Waals surface area contributed by atoms with Gasteiger partial charge in [-0.2, -0.15) is 0 Å². The van der Waals surface area contributed by atoms with E-state index in [0.717, 1.165) is 0 Å². The van der Waals surface area contributed by atoms with Crippen LogP contribution in [0, 0.1) is 0 Å². The molecule has 1 aliphatic rings. The van der Waals surface area contributed by atoms with Crippen LogP contribution in [0.1, 0.15) is 0 Å². The standard InChI is InChI=1S/C10H18N2O6/c1-16-8(9(13)14)5-12-10(15)11-4-7-6-17-2-3-18-7/h7-8H,2-6H2,1H3,(H,13,14)(H2,11,12,15). The first-order valence-corrected chi connectivity index (χ1v) is 5.60. The van der Waals surface area contributed by atoms with Gasteiger partial charge in [-0.3, -0.25) is 0 Å². The molecule has 1 fully saturated rings. The first-order valence-electron chi connectivity index (χ1n) is 5.60. The lowest BCUT2D eigenvalue weighted by Gasteiger charge is -2.23. The lowest BCUT2D eigenvalue weighted by molar-refractivity contribution is -0.147. The lowest BCUT2D eigenvalue weighted by atomic mass is 10.3. The fraction of sp³-hybridized carbons (Fsp3) is 0.800. The quantitative estimate of drug-likeness (QED) is 0.555. The minimum absolute atomic E-state index is 0.0975. The van der Waals surface area contributed by atoms with Crippen molar-refractivity contribution < 1.29 is 28.9 Å². The Morgan fingerprint density at radius 1 is 1.44 bits per heavy atom. The maximum absolute atomic E-state index is 11.4. The summed E-state index contributed by atoms with van der Waals surface area (Å²) in [6.45, 7) is 1.74. The average molecular weight is 262 g/mol. The van der Waals surface area contributed by atoms with Crippen molar-refractivity contribution in [1.82, 2.24) is 10.6 Å². The fourth-order valence-corrected chi connectivity index (χ4v) is 1.38. The van der Waals surface area contributed by atoms with Gasteiger partial charge in [0.2, 0.25) is 0 Å². The Hall–Kier alpha value is -1.38. The number of carboxylic acids is 1. The van der Waals surface area contributed by atoms with Crippen molar-refractivity contribution in [2.24, 2.45) is 0 Å². The molecule has 1 heterocycles. The molecule has 2 atom stereocenters. The van der Waals surface area contributed by atoms with Crippen LogP contribution < -0.4 is 10.6 Å². The third-order valence-electron chi connectivity index (χ3n) is 2.38. The van der Waals surface area contributed by atoms with Crippen molar-refractivity contribution in [3.8, 4) is 0 Å². The van der Waals surface area contributed by atoms with Crippen molar-refractivity contribution >= 4 is 12.0 Å². The smallest absolute Gasteiger partial charge is 0.334 e. The second-order valence-electron chi connectivity index (χ2n) is 3.72. The molecule has 8 nitrogen and oxygen atoms in total. The summed E-state index contributed by atoms with van der Waals surface area (Å²) in [6, 6.07) is -0.465. The zero-order chi connectivity index (χ0) is 13.4. The van der Waals surface area contributed by atoms with Crippen LogP contribution in [0.4, 0.5) is 4.79 Å². The topological polar surface area (TPSA) is 106 Å². The van der Waals surface area contributed by atoms with E-state index >= 15 is 0 Å². The minimum atomic E-state index is -1.12. The number of rotatable bonds is 6. The number of carboxylic acid groups (broad SMARTS) is 1. The van der Waals surface area contributed by atoms with Gasteiger partial charge in [0.1, 0.15) is 0 Å². The van der Waals surface area contributed by atoms with Crippen LogP contribution >= 0.6 is 0 Å². The van der Waals surface area contributed by atoms with E-state index in [9.17, 15) is 9.59 Å². The highest BCUT2D eigenvalue weighted by molar-refractivity contribution is 5.76. The first kappa shape index (κ1) is 14.7. The Morgan fingerprint density at radius 3 is 2.78 bits per heavy atom. The molecule has 0 aromatic rings. The van der Waals surface area contributed by atoms with Crippen LogP contribution in [0.2, 0.25) is 0 Å². The van der Waals surface area contributed by atoms with Crippen LogP contribution in [0.5, 0.6) is 0 Å². The molecule has 2 unspecified atom stereocenters. The monoisotopic (exact) mass is 262 g/mol. The van der Waals surface area contributed by atoms with Crippen molar-refractivity contribution in [2.45, 2.75) is 12.2 Å². The maximum atomic E-state index is 11.4. The molecular formula is C10H18N2O6. The van der Waals surface area contributed by atoms with Gasteiger partial charge in [0.25, 0.3) is 0 Å². The second-order valence-corrected chi connectivity index (χ2v) is 3.72. The lowest BCUT2D eigenvalue weighted by Crippen LogP contribution is -2.46. The number of nitrogens with one attached hydrogen (secondary N) is 2. The first-order chi connectivity index (χ1) is 8.63. The highest BCUT2D eigenvalue weighted by Crippen LogP contribution is 1.98. The molecule has 0 radical (unpaired) electrons. The third kappa shape index (κ3) is 5.30. The summed E-state index contributed by atoms with van der Waals surface area (Å²) >= 11 is 0. The summed E-state index contributed by atoms with van der Waals surface area (Å²) < 4.78 is 15.2. The summed E-state index contributed by atoms with van der Waals surface area (Å²) in [5, 5.41) is 13.7. The highest BCUT2D eigenvalue weighted by atomic mass is 16.6. The van der Waals surface area contributed by atoms with Gasteiger partial charge in [-0.15, -0.1) is 0 Å². The molecule has 104 valence electrons. The molecule has 0 aromatic carbocycles. The summed E-state index contributed by atoms with van der Waals surface area (Å²) in [5.74, 6) is -1.12. The predicted octanol–water partition coefficient (Wildman–Crippen LogP) is -1.20. The van der Waals surface area contributed by atoms with E-state index < -0.39 is 18.1 Å². The van der Waals surface area contributed by atoms with E-state index in [0.29, 0.717) is 26.4 Å². The van der Waals surface area contributed by atoms with Crippen molar-refractivity contribution in [2.75, 3.05) is 40.0 Å². The Kier molecular flexibility index (Phi) is 6.40. The Bertz CT molecular complexity index is 280. The normalized spacial score (nSPS) is 21.1. The van der Waals surface area contributed by atoms with Crippen LogP contribution in [0.3, 0.4) is 0 Å². The van der Waals surface area contributed by atoms with E-state index in [1.807, 2.05) is 0 Å². The van der Waals surface area contributed by atoms with Gasteiger partial charge in [0, 0.05) is 13.7 Å². The molecule has 1 aliphatic heterocycles. The van der Waals surface area contributed by atoms with Gasteiger partial charge in [-0.25, -0.2) is 9.59 Å². The summed E-state index contributed by atoms with van der Waals surface area (Å²) in [5.41, 5.74) is 0. The van der Waals surface area contributed by atoms with Crippen LogP contribution in [0.15, 0.2) is 0 Å². The number of urea groups is 1. The molecular weight excluding hydrogens is 244 g/mol. The third-order valence-corrected chi connectivity index (χ3v) is 2.38. The summed E-state index contributed by atoms with van der Waals surface area (Å²) in [4.78, 5) is 22.0.